The minimum atomic E-state index is -0.349. The number of ether oxygens (including phenoxy) is 4. The Bertz CT molecular complexity index is 1170. The quantitative estimate of drug-likeness (QED) is 0.0398. The first kappa shape index (κ1) is 48.1. The summed E-state index contributed by atoms with van der Waals surface area (Å²) < 4.78 is 24.7. The Morgan fingerprint density at radius 1 is 0.679 bits per heavy atom. The Hall–Kier alpha value is -2.24. The second-order valence-corrected chi connectivity index (χ2v) is 17.7. The van der Waals surface area contributed by atoms with Gasteiger partial charge in [0, 0.05) is 37.0 Å². The Morgan fingerprint density at radius 3 is 1.96 bits per heavy atom. The summed E-state index contributed by atoms with van der Waals surface area (Å²) in [5.41, 5.74) is 16.9. The van der Waals surface area contributed by atoms with Gasteiger partial charge >= 0.3 is 23.9 Å². The van der Waals surface area contributed by atoms with Crippen LogP contribution in [0.15, 0.2) is 0 Å². The lowest BCUT2D eigenvalue weighted by Crippen LogP contribution is -2.58. The zero-order valence-corrected chi connectivity index (χ0v) is 35.8. The second kappa shape index (κ2) is 26.0. The number of hydrogen-bond donors (Lipinski definition) is 3. The third kappa shape index (κ3) is 14.9. The molecule has 0 heterocycles. The van der Waals surface area contributed by atoms with E-state index in [9.17, 15) is 19.2 Å². The van der Waals surface area contributed by atoms with Gasteiger partial charge in [0.2, 0.25) is 0 Å². The van der Waals surface area contributed by atoms with Crippen LogP contribution in [0.3, 0.4) is 0 Å². The summed E-state index contributed by atoms with van der Waals surface area (Å²) in [4.78, 5) is 52.3. The highest BCUT2D eigenvalue weighted by molar-refractivity contribution is 5.70. The fourth-order valence-corrected chi connectivity index (χ4v) is 10.7. The Morgan fingerprint density at radius 2 is 1.30 bits per heavy atom. The van der Waals surface area contributed by atoms with Crippen LogP contribution in [0, 0.1) is 40.9 Å². The third-order valence-electron chi connectivity index (χ3n) is 13.6. The van der Waals surface area contributed by atoms with Crippen LogP contribution >= 0.6 is 0 Å². The Balaban J connectivity index is 1.84. The lowest BCUT2D eigenvalue weighted by atomic mass is 9.50. The molecule has 3 aliphatic carbocycles. The predicted molar refractivity (Wildman–Crippen MR) is 220 cm³/mol. The number of carbonyl (C=O) groups excluding carboxylic acids is 4. The van der Waals surface area contributed by atoms with Crippen LogP contribution in [0.4, 0.5) is 0 Å². The van der Waals surface area contributed by atoms with Crippen LogP contribution in [0.1, 0.15) is 175 Å². The molecule has 324 valence electrons. The number of esters is 4. The standard InChI is InChI=1S/C45H81N3O8/c1-5-7-9-10-11-12-27-53-40(49)23-20-32(3)36-21-22-37-44-34(31-39(45(36,37)4)56-43(52)19-15-26-48)28-33(30-38(44)55-42(51)18-14-25-47)29-35(16-8-6-2)54-41(50)17-13-24-46/h32-39,44H,5-31,46-48H2,1-4H3/t32-,33?,34?,35-,36?,37?,38-,39+,44?,45-/m1/s1. The molecule has 3 fully saturated rings. The van der Waals surface area contributed by atoms with Crippen LogP contribution in [0.25, 0.3) is 0 Å². The maximum Gasteiger partial charge on any atom is 0.306 e. The van der Waals surface area contributed by atoms with Gasteiger partial charge in [-0.15, -0.1) is 0 Å². The van der Waals surface area contributed by atoms with Crippen LogP contribution in [0.5, 0.6) is 0 Å². The number of unbranched alkanes of at least 4 members (excludes halogenated alkanes) is 6. The van der Waals surface area contributed by atoms with Crippen molar-refractivity contribution in [1.82, 2.24) is 0 Å². The molecule has 6 N–H and O–H groups in total. The summed E-state index contributed by atoms with van der Waals surface area (Å²) >= 11 is 0. The fourth-order valence-electron chi connectivity index (χ4n) is 10.7. The molecule has 3 rings (SSSR count). The second-order valence-electron chi connectivity index (χ2n) is 17.7. The molecule has 0 saturated heterocycles. The highest BCUT2D eigenvalue weighted by Gasteiger charge is 2.63. The van der Waals surface area contributed by atoms with Crippen LogP contribution in [-0.2, 0) is 38.1 Å². The molecule has 0 radical (unpaired) electrons. The van der Waals surface area contributed by atoms with Crippen molar-refractivity contribution in [3.05, 3.63) is 0 Å². The molecular formula is C45H81N3O8. The van der Waals surface area contributed by atoms with Crippen molar-refractivity contribution in [1.29, 1.82) is 0 Å². The van der Waals surface area contributed by atoms with E-state index in [4.69, 9.17) is 36.1 Å². The van der Waals surface area contributed by atoms with Crippen molar-refractivity contribution in [2.75, 3.05) is 26.2 Å². The number of rotatable bonds is 28. The van der Waals surface area contributed by atoms with Gasteiger partial charge < -0.3 is 36.1 Å². The molecule has 0 bridgehead atoms. The molecule has 56 heavy (non-hydrogen) atoms. The Labute approximate surface area is 339 Å². The first-order chi connectivity index (χ1) is 27.0. The smallest absolute Gasteiger partial charge is 0.306 e. The average molecular weight is 792 g/mol. The molecule has 0 amide bonds. The normalized spacial score (nSPS) is 28.1. The zero-order chi connectivity index (χ0) is 40.9. The number of carbonyl (C=O) groups is 4. The summed E-state index contributed by atoms with van der Waals surface area (Å²) in [7, 11) is 0. The van der Waals surface area contributed by atoms with Gasteiger partial charge in [-0.05, 0) is 126 Å². The van der Waals surface area contributed by atoms with Crippen molar-refractivity contribution < 1.29 is 38.1 Å². The van der Waals surface area contributed by atoms with E-state index in [2.05, 4.69) is 27.7 Å². The van der Waals surface area contributed by atoms with E-state index in [1.54, 1.807) is 0 Å². The monoisotopic (exact) mass is 792 g/mol. The lowest BCUT2D eigenvalue weighted by molar-refractivity contribution is -0.196. The van der Waals surface area contributed by atoms with Crippen LogP contribution < -0.4 is 17.2 Å². The molecule has 0 spiro atoms. The maximum atomic E-state index is 13.4. The molecular weight excluding hydrogens is 711 g/mol. The topological polar surface area (TPSA) is 183 Å². The Kier molecular flexibility index (Phi) is 22.3. The van der Waals surface area contributed by atoms with Crippen LogP contribution in [0.2, 0.25) is 0 Å². The first-order valence-electron chi connectivity index (χ1n) is 22.9. The number of hydrogen-bond acceptors (Lipinski definition) is 11. The molecule has 3 saturated carbocycles. The van der Waals surface area contributed by atoms with Crippen LogP contribution in [-0.4, -0.2) is 68.4 Å². The van der Waals surface area contributed by atoms with Gasteiger partial charge in [0.25, 0.3) is 0 Å². The molecule has 11 nitrogen and oxygen atoms in total. The molecule has 11 heteroatoms. The number of nitrogens with two attached hydrogens (primary N) is 3. The highest BCUT2D eigenvalue weighted by Crippen LogP contribution is 2.65. The summed E-state index contributed by atoms with van der Waals surface area (Å²) in [6.07, 6.45) is 17.5. The molecule has 0 aromatic rings. The van der Waals surface area contributed by atoms with Crippen molar-refractivity contribution in [2.24, 2.45) is 58.1 Å². The molecule has 0 aromatic carbocycles. The molecule has 0 aromatic heterocycles. The minimum Gasteiger partial charge on any atom is -0.466 e. The summed E-state index contributed by atoms with van der Waals surface area (Å²) in [5, 5.41) is 0. The third-order valence-corrected chi connectivity index (χ3v) is 13.6. The SMILES string of the molecule is CCCCCCCCOC(=O)CC[C@@H](C)C1CCC2C3C(CC(C[C@@H](CCCC)OC(=O)CCCN)C[C@H]3OC(=O)CCCN)C[C@H](OC(=O)CCCN)[C@@]21C. The molecule has 5 unspecified atom stereocenters. The van der Waals surface area contributed by atoms with Crippen molar-refractivity contribution >= 4 is 23.9 Å². The number of fused-ring (bicyclic) bond motifs is 3. The summed E-state index contributed by atoms with van der Waals surface area (Å²) in [6, 6.07) is 0. The first-order valence-corrected chi connectivity index (χ1v) is 22.9. The van der Waals surface area contributed by atoms with Gasteiger partial charge in [-0.3, -0.25) is 19.2 Å². The van der Waals surface area contributed by atoms with E-state index in [-0.39, 0.29) is 96.0 Å². The van der Waals surface area contributed by atoms with E-state index >= 15 is 0 Å². The van der Waals surface area contributed by atoms with Gasteiger partial charge in [0.05, 0.1) is 6.61 Å². The zero-order valence-electron chi connectivity index (χ0n) is 35.8. The van der Waals surface area contributed by atoms with Crippen molar-refractivity contribution in [2.45, 2.75) is 194 Å². The van der Waals surface area contributed by atoms with E-state index in [0.717, 1.165) is 57.8 Å². The fraction of sp³-hybridized carbons (Fsp3) is 0.911. The average Bonchev–Trinajstić information content (AvgIpc) is 3.54. The van der Waals surface area contributed by atoms with Crippen molar-refractivity contribution in [3.8, 4) is 0 Å². The maximum absolute atomic E-state index is 13.4. The van der Waals surface area contributed by atoms with Gasteiger partial charge in [0.15, 0.2) is 0 Å². The van der Waals surface area contributed by atoms with E-state index < -0.39 is 0 Å². The van der Waals surface area contributed by atoms with Gasteiger partial charge in [-0.1, -0.05) is 72.6 Å². The van der Waals surface area contributed by atoms with Crippen molar-refractivity contribution in [3.63, 3.8) is 0 Å². The van der Waals surface area contributed by atoms with Gasteiger partial charge in [0.1, 0.15) is 18.3 Å². The molecule has 0 aliphatic heterocycles. The van der Waals surface area contributed by atoms with Gasteiger partial charge in [-0.2, -0.15) is 0 Å². The van der Waals surface area contributed by atoms with Gasteiger partial charge in [-0.25, -0.2) is 0 Å². The summed E-state index contributed by atoms with van der Waals surface area (Å²) in [5.74, 6) is 0.340. The molecule has 3 aliphatic rings. The minimum absolute atomic E-state index is 0.123. The molecule has 10 atom stereocenters. The lowest BCUT2D eigenvalue weighted by Gasteiger charge is -2.57. The summed E-state index contributed by atoms with van der Waals surface area (Å²) in [6.45, 7) is 10.7. The van der Waals surface area contributed by atoms with E-state index in [1.807, 2.05) is 0 Å². The highest BCUT2D eigenvalue weighted by atomic mass is 16.6. The largest absolute Gasteiger partial charge is 0.466 e. The predicted octanol–water partition coefficient (Wildman–Crippen LogP) is 7.92. The van der Waals surface area contributed by atoms with E-state index in [1.165, 1.54) is 25.7 Å². The van der Waals surface area contributed by atoms with E-state index in [0.29, 0.717) is 77.6 Å².